The molecule has 0 unspecified atom stereocenters. The molecule has 128 valence electrons. The molecule has 1 aromatic heterocycles. The summed E-state index contributed by atoms with van der Waals surface area (Å²) < 4.78 is 0. The fraction of sp³-hybridized carbons (Fsp3) is 0.667. The number of aromatic nitrogens is 2. The largest absolute Gasteiger partial charge is 0.337 e. The van der Waals surface area contributed by atoms with Gasteiger partial charge in [0.15, 0.2) is 0 Å². The molecule has 4 rings (SSSR count). The van der Waals surface area contributed by atoms with E-state index >= 15 is 0 Å². The lowest BCUT2D eigenvalue weighted by Gasteiger charge is -2.49. The summed E-state index contributed by atoms with van der Waals surface area (Å²) in [5.41, 5.74) is 0.472. The molecule has 0 N–H and O–H groups in total. The summed E-state index contributed by atoms with van der Waals surface area (Å²) in [6.45, 7) is 6.37. The predicted molar refractivity (Wildman–Crippen MR) is 88.3 cm³/mol. The normalized spacial score (nSPS) is 34.4. The Morgan fingerprint density at radius 3 is 2.75 bits per heavy atom. The number of amides is 2. The summed E-state index contributed by atoms with van der Waals surface area (Å²) in [4.78, 5) is 37.8. The van der Waals surface area contributed by atoms with E-state index < -0.39 is 0 Å². The molecule has 2 bridgehead atoms. The number of likely N-dealkylation sites (tertiary alicyclic amines) is 2. The Kier molecular flexibility index (Phi) is 3.41. The Hall–Kier alpha value is -1.98. The molecular weight excluding hydrogens is 304 g/mol. The number of hydrogen-bond donors (Lipinski definition) is 0. The second kappa shape index (κ2) is 5.26. The molecule has 2 aliphatic heterocycles. The molecule has 0 aromatic carbocycles. The van der Waals surface area contributed by atoms with Crippen LogP contribution in [0.25, 0.3) is 0 Å². The van der Waals surface area contributed by atoms with E-state index in [0.717, 1.165) is 25.7 Å². The van der Waals surface area contributed by atoms with Crippen LogP contribution in [0.15, 0.2) is 12.3 Å². The van der Waals surface area contributed by atoms with Gasteiger partial charge in [-0.1, -0.05) is 6.92 Å². The van der Waals surface area contributed by atoms with Gasteiger partial charge in [0.05, 0.1) is 6.04 Å². The van der Waals surface area contributed by atoms with E-state index in [4.69, 9.17) is 0 Å². The van der Waals surface area contributed by atoms with Crippen molar-refractivity contribution < 1.29 is 9.59 Å². The number of aryl methyl sites for hydroxylation is 1. The lowest BCUT2D eigenvalue weighted by Crippen LogP contribution is -2.57. The van der Waals surface area contributed by atoms with E-state index in [0.29, 0.717) is 18.1 Å². The maximum absolute atomic E-state index is 13.2. The number of carbonyl (C=O) groups is 2. The Balaban J connectivity index is 1.73. The Morgan fingerprint density at radius 2 is 2.04 bits per heavy atom. The first-order chi connectivity index (χ1) is 11.4. The van der Waals surface area contributed by atoms with Crippen molar-refractivity contribution in [1.82, 2.24) is 19.8 Å². The second-order valence-corrected chi connectivity index (χ2v) is 7.70. The molecule has 3 aliphatic rings. The zero-order chi connectivity index (χ0) is 17.1. The van der Waals surface area contributed by atoms with Crippen LogP contribution in [0.5, 0.6) is 0 Å². The predicted octanol–water partition coefficient (Wildman–Crippen LogP) is 1.79. The van der Waals surface area contributed by atoms with Gasteiger partial charge >= 0.3 is 0 Å². The van der Waals surface area contributed by atoms with Gasteiger partial charge in [0.2, 0.25) is 5.91 Å². The van der Waals surface area contributed by atoms with Crippen molar-refractivity contribution in [3.8, 4) is 0 Å². The van der Waals surface area contributed by atoms with Crippen LogP contribution in [0.3, 0.4) is 0 Å². The molecule has 6 nitrogen and oxygen atoms in total. The fourth-order valence-corrected chi connectivity index (χ4v) is 5.36. The third-order valence-electron chi connectivity index (χ3n) is 6.30. The van der Waals surface area contributed by atoms with Crippen molar-refractivity contribution in [2.24, 2.45) is 5.41 Å². The molecule has 1 aliphatic carbocycles. The van der Waals surface area contributed by atoms with E-state index in [2.05, 4.69) is 16.9 Å². The van der Waals surface area contributed by atoms with Gasteiger partial charge in [0, 0.05) is 37.2 Å². The standard InChI is InChI=1S/C18H24N4O2/c1-11-19-8-7-14(20-11)17(24)22-13-9-18(3)15(5-4-6-16(18)22)21(10-13)12(2)23/h7-8,13,15-16H,4-6,9-10H2,1-3H3/t13-,15+,16-,18+/m0/s1. The van der Waals surface area contributed by atoms with E-state index in [1.807, 2.05) is 9.80 Å². The van der Waals surface area contributed by atoms with E-state index in [1.54, 1.807) is 26.1 Å². The Bertz CT molecular complexity index is 706. The van der Waals surface area contributed by atoms with E-state index in [1.165, 1.54) is 0 Å². The van der Waals surface area contributed by atoms with Crippen LogP contribution < -0.4 is 0 Å². The molecule has 2 amide bonds. The highest BCUT2D eigenvalue weighted by atomic mass is 16.2. The van der Waals surface area contributed by atoms with Gasteiger partial charge in [0.25, 0.3) is 5.91 Å². The molecule has 3 fully saturated rings. The molecule has 4 atom stereocenters. The molecule has 3 heterocycles. The first kappa shape index (κ1) is 15.5. The average molecular weight is 328 g/mol. The number of carbonyl (C=O) groups excluding carboxylic acids is 2. The summed E-state index contributed by atoms with van der Waals surface area (Å²) in [6, 6.07) is 2.26. The first-order valence-corrected chi connectivity index (χ1v) is 8.81. The Morgan fingerprint density at radius 1 is 1.29 bits per heavy atom. The minimum absolute atomic E-state index is 0.00454. The SMILES string of the molecule is CC(=O)N1C[C@@H]2C[C@@]3(C)[C@H](CCC[C@@H]13)N2C(=O)c1ccnc(C)n1. The summed E-state index contributed by atoms with van der Waals surface area (Å²) in [7, 11) is 0. The lowest BCUT2D eigenvalue weighted by molar-refractivity contribution is -0.137. The lowest BCUT2D eigenvalue weighted by atomic mass is 9.66. The molecule has 24 heavy (non-hydrogen) atoms. The van der Waals surface area contributed by atoms with Crippen LogP contribution >= 0.6 is 0 Å². The zero-order valence-corrected chi connectivity index (χ0v) is 14.5. The maximum Gasteiger partial charge on any atom is 0.273 e. The van der Waals surface area contributed by atoms with Gasteiger partial charge in [-0.05, 0) is 38.7 Å². The van der Waals surface area contributed by atoms with Crippen LogP contribution in [0.1, 0.15) is 55.8 Å². The van der Waals surface area contributed by atoms with E-state index in [-0.39, 0.29) is 35.4 Å². The third kappa shape index (κ3) is 2.08. The molecular formula is C18H24N4O2. The van der Waals surface area contributed by atoms with Crippen LogP contribution in [0, 0.1) is 12.3 Å². The molecule has 1 aromatic rings. The number of nitrogens with zero attached hydrogens (tertiary/aromatic N) is 4. The topological polar surface area (TPSA) is 66.4 Å². The smallest absolute Gasteiger partial charge is 0.273 e. The third-order valence-corrected chi connectivity index (χ3v) is 6.30. The van der Waals surface area contributed by atoms with Gasteiger partial charge in [-0.15, -0.1) is 0 Å². The molecule has 0 radical (unpaired) electrons. The minimum atomic E-state index is -0.00900. The fourth-order valence-electron chi connectivity index (χ4n) is 5.36. The van der Waals surface area contributed by atoms with Crippen molar-refractivity contribution in [2.45, 2.75) is 64.6 Å². The van der Waals surface area contributed by atoms with Gasteiger partial charge in [0.1, 0.15) is 11.5 Å². The highest BCUT2D eigenvalue weighted by Crippen LogP contribution is 2.54. The number of rotatable bonds is 1. The van der Waals surface area contributed by atoms with Crippen LogP contribution in [0.4, 0.5) is 0 Å². The molecule has 0 spiro atoms. The van der Waals surface area contributed by atoms with Crippen molar-refractivity contribution in [2.75, 3.05) is 6.54 Å². The quantitative estimate of drug-likeness (QED) is 0.788. The number of piperidine rings is 1. The van der Waals surface area contributed by atoms with Crippen molar-refractivity contribution >= 4 is 11.8 Å². The number of fused-ring (bicyclic) bond motifs is 1. The average Bonchev–Trinajstić information content (AvgIpc) is 2.83. The van der Waals surface area contributed by atoms with Crippen molar-refractivity contribution in [3.05, 3.63) is 23.8 Å². The second-order valence-electron chi connectivity index (χ2n) is 7.70. The van der Waals surface area contributed by atoms with Gasteiger partial charge < -0.3 is 9.80 Å². The summed E-state index contributed by atoms with van der Waals surface area (Å²) in [5, 5.41) is 0. The van der Waals surface area contributed by atoms with Crippen LogP contribution in [-0.2, 0) is 4.79 Å². The summed E-state index contributed by atoms with van der Waals surface area (Å²) in [5.74, 6) is 0.732. The highest BCUT2D eigenvalue weighted by molar-refractivity contribution is 5.93. The minimum Gasteiger partial charge on any atom is -0.337 e. The summed E-state index contributed by atoms with van der Waals surface area (Å²) in [6.07, 6.45) is 5.76. The van der Waals surface area contributed by atoms with Crippen molar-refractivity contribution in [1.29, 1.82) is 0 Å². The Labute approximate surface area is 142 Å². The molecule has 1 saturated carbocycles. The molecule has 2 saturated heterocycles. The van der Waals surface area contributed by atoms with Crippen LogP contribution in [0.2, 0.25) is 0 Å². The van der Waals surface area contributed by atoms with Gasteiger partial charge in [-0.2, -0.15) is 0 Å². The maximum atomic E-state index is 13.2. The van der Waals surface area contributed by atoms with E-state index in [9.17, 15) is 9.59 Å². The highest BCUT2D eigenvalue weighted by Gasteiger charge is 2.61. The van der Waals surface area contributed by atoms with Crippen LogP contribution in [-0.4, -0.2) is 56.3 Å². The molecule has 6 heteroatoms. The monoisotopic (exact) mass is 328 g/mol. The first-order valence-electron chi connectivity index (χ1n) is 8.81. The van der Waals surface area contributed by atoms with Crippen molar-refractivity contribution in [3.63, 3.8) is 0 Å². The summed E-state index contributed by atoms with van der Waals surface area (Å²) >= 11 is 0. The zero-order valence-electron chi connectivity index (χ0n) is 14.5. The van der Waals surface area contributed by atoms with Gasteiger partial charge in [-0.25, -0.2) is 9.97 Å². The van der Waals surface area contributed by atoms with Gasteiger partial charge in [-0.3, -0.25) is 9.59 Å². The number of hydrogen-bond acceptors (Lipinski definition) is 4.